The summed E-state index contributed by atoms with van der Waals surface area (Å²) in [7, 11) is 0. The second-order valence-electron chi connectivity index (χ2n) is 6.12. The maximum Gasteiger partial charge on any atom is 0.317 e. The first kappa shape index (κ1) is 16.2. The largest absolute Gasteiger partial charge is 0.353 e. The third-order valence-corrected chi connectivity index (χ3v) is 3.84. The number of piperazine rings is 1. The van der Waals surface area contributed by atoms with Crippen LogP contribution in [0.4, 0.5) is 10.6 Å². The van der Waals surface area contributed by atoms with Gasteiger partial charge >= 0.3 is 6.03 Å². The fourth-order valence-electron chi connectivity index (χ4n) is 2.60. The second-order valence-corrected chi connectivity index (χ2v) is 6.12. The first-order valence-corrected chi connectivity index (χ1v) is 8.10. The summed E-state index contributed by atoms with van der Waals surface area (Å²) in [4.78, 5) is 24.7. The van der Waals surface area contributed by atoms with Gasteiger partial charge in [0.2, 0.25) is 11.7 Å². The molecule has 2 aromatic heterocycles. The van der Waals surface area contributed by atoms with Crippen molar-refractivity contribution in [3.8, 4) is 11.4 Å². The minimum atomic E-state index is 0.000401. The van der Waals surface area contributed by atoms with Gasteiger partial charge in [-0.25, -0.2) is 9.78 Å². The zero-order chi connectivity index (χ0) is 17.1. The molecule has 0 bridgehead atoms. The third-order valence-electron chi connectivity index (χ3n) is 3.84. The van der Waals surface area contributed by atoms with E-state index in [9.17, 15) is 4.79 Å². The molecule has 8 nitrogen and oxygen atoms in total. The zero-order valence-corrected chi connectivity index (χ0v) is 14.2. The van der Waals surface area contributed by atoms with E-state index in [0.717, 1.165) is 24.5 Å². The number of nitrogens with one attached hydrogen (secondary N) is 1. The molecule has 1 aliphatic rings. The van der Waals surface area contributed by atoms with E-state index in [1.54, 1.807) is 13.1 Å². The number of urea groups is 1. The molecule has 1 fully saturated rings. The molecule has 1 N–H and O–H groups in total. The van der Waals surface area contributed by atoms with Crippen molar-refractivity contribution >= 4 is 11.8 Å². The number of hydrogen-bond donors (Lipinski definition) is 1. The average Bonchev–Trinajstić information content (AvgIpc) is 3.01. The number of amides is 2. The molecule has 8 heteroatoms. The van der Waals surface area contributed by atoms with E-state index in [1.165, 1.54) is 0 Å². The molecule has 24 heavy (non-hydrogen) atoms. The molecule has 0 radical (unpaired) electrons. The van der Waals surface area contributed by atoms with Gasteiger partial charge in [-0.15, -0.1) is 0 Å². The lowest BCUT2D eigenvalue weighted by Crippen LogP contribution is -2.53. The van der Waals surface area contributed by atoms with E-state index in [4.69, 9.17) is 4.52 Å². The topological polar surface area (TPSA) is 87.4 Å². The minimum absolute atomic E-state index is 0.000401. The Bertz CT molecular complexity index is 689. The number of rotatable bonds is 3. The number of aryl methyl sites for hydroxylation is 1. The van der Waals surface area contributed by atoms with E-state index in [2.05, 4.69) is 25.3 Å². The molecular formula is C16H22N6O2. The number of carbonyl (C=O) groups excluding carboxylic acids is 1. The Kier molecular flexibility index (Phi) is 4.64. The van der Waals surface area contributed by atoms with Crippen molar-refractivity contribution in [1.29, 1.82) is 0 Å². The first-order valence-electron chi connectivity index (χ1n) is 8.10. The van der Waals surface area contributed by atoms with Gasteiger partial charge in [0.25, 0.3) is 0 Å². The minimum Gasteiger partial charge on any atom is -0.353 e. The van der Waals surface area contributed by atoms with Crippen LogP contribution in [0.15, 0.2) is 22.9 Å². The Balaban J connectivity index is 1.59. The van der Waals surface area contributed by atoms with Crippen molar-refractivity contribution < 1.29 is 9.32 Å². The smallest absolute Gasteiger partial charge is 0.317 e. The molecule has 0 atom stereocenters. The van der Waals surface area contributed by atoms with Crippen LogP contribution in [0.3, 0.4) is 0 Å². The van der Waals surface area contributed by atoms with Crippen LogP contribution in [0, 0.1) is 6.92 Å². The lowest BCUT2D eigenvalue weighted by atomic mass is 10.2. The third kappa shape index (κ3) is 3.64. The average molecular weight is 330 g/mol. The summed E-state index contributed by atoms with van der Waals surface area (Å²) in [5.41, 5.74) is 0.825. The van der Waals surface area contributed by atoms with Gasteiger partial charge in [0.05, 0.1) is 0 Å². The van der Waals surface area contributed by atoms with Gasteiger partial charge in [-0.1, -0.05) is 5.16 Å². The highest BCUT2D eigenvalue weighted by molar-refractivity contribution is 5.74. The molecule has 0 unspecified atom stereocenters. The van der Waals surface area contributed by atoms with Gasteiger partial charge in [-0.3, -0.25) is 0 Å². The van der Waals surface area contributed by atoms with Crippen LogP contribution in [0.1, 0.15) is 19.7 Å². The molecular weight excluding hydrogens is 308 g/mol. The first-order chi connectivity index (χ1) is 11.5. The maximum atomic E-state index is 12.0. The summed E-state index contributed by atoms with van der Waals surface area (Å²) in [5, 5.41) is 6.82. The summed E-state index contributed by atoms with van der Waals surface area (Å²) in [6, 6.07) is 4.04. The molecule has 3 rings (SSSR count). The van der Waals surface area contributed by atoms with Crippen LogP contribution in [-0.4, -0.2) is 58.3 Å². The van der Waals surface area contributed by atoms with Gasteiger partial charge in [0, 0.05) is 50.9 Å². The predicted molar refractivity (Wildman–Crippen MR) is 89.7 cm³/mol. The van der Waals surface area contributed by atoms with Crippen LogP contribution in [0.5, 0.6) is 0 Å². The van der Waals surface area contributed by atoms with Gasteiger partial charge in [0.1, 0.15) is 5.82 Å². The fourth-order valence-corrected chi connectivity index (χ4v) is 2.60. The van der Waals surface area contributed by atoms with Crippen molar-refractivity contribution in [2.45, 2.75) is 26.8 Å². The Morgan fingerprint density at radius 1 is 1.25 bits per heavy atom. The second kappa shape index (κ2) is 6.86. The molecule has 0 spiro atoms. The molecule has 2 amide bonds. The number of pyridine rings is 1. The lowest BCUT2D eigenvalue weighted by molar-refractivity contribution is 0.191. The fraction of sp³-hybridized carbons (Fsp3) is 0.500. The summed E-state index contributed by atoms with van der Waals surface area (Å²) in [6.07, 6.45) is 1.75. The quantitative estimate of drug-likeness (QED) is 0.921. The Morgan fingerprint density at radius 3 is 2.54 bits per heavy atom. The molecule has 3 heterocycles. The van der Waals surface area contributed by atoms with Crippen LogP contribution < -0.4 is 10.2 Å². The summed E-state index contributed by atoms with van der Waals surface area (Å²) in [5.74, 6) is 1.97. The standard InChI is InChI=1S/C16H22N6O2/c1-11(2)18-16(23)22-8-6-21(7-9-22)14-5-4-13(10-17-14)15-19-12(3)24-20-15/h4-5,10-11H,6-9H2,1-3H3,(H,18,23). The Hall–Kier alpha value is -2.64. The van der Waals surface area contributed by atoms with Crippen LogP contribution >= 0.6 is 0 Å². The van der Waals surface area contributed by atoms with Gasteiger partial charge in [-0.05, 0) is 26.0 Å². The number of carbonyl (C=O) groups is 1. The van der Waals surface area contributed by atoms with Crippen molar-refractivity contribution in [1.82, 2.24) is 25.3 Å². The molecule has 2 aromatic rings. The molecule has 0 aromatic carbocycles. The monoisotopic (exact) mass is 330 g/mol. The van der Waals surface area contributed by atoms with E-state index in [1.807, 2.05) is 30.9 Å². The molecule has 128 valence electrons. The highest BCUT2D eigenvalue weighted by Gasteiger charge is 2.22. The molecule has 1 aliphatic heterocycles. The Labute approximate surface area is 140 Å². The van der Waals surface area contributed by atoms with Gasteiger partial charge < -0.3 is 19.6 Å². The Morgan fingerprint density at radius 2 is 2.00 bits per heavy atom. The maximum absolute atomic E-state index is 12.0. The van der Waals surface area contributed by atoms with Crippen LogP contribution in [-0.2, 0) is 0 Å². The predicted octanol–water partition coefficient (Wildman–Crippen LogP) is 1.68. The van der Waals surface area contributed by atoms with Gasteiger partial charge in [0.15, 0.2) is 0 Å². The lowest BCUT2D eigenvalue weighted by Gasteiger charge is -2.35. The molecule has 0 aliphatic carbocycles. The number of anilines is 1. The van der Waals surface area contributed by atoms with Crippen molar-refractivity contribution in [3.63, 3.8) is 0 Å². The molecule has 0 saturated carbocycles. The van der Waals surface area contributed by atoms with Crippen molar-refractivity contribution in [2.75, 3.05) is 31.1 Å². The highest BCUT2D eigenvalue weighted by atomic mass is 16.5. The van der Waals surface area contributed by atoms with Crippen LogP contribution in [0.25, 0.3) is 11.4 Å². The van der Waals surface area contributed by atoms with E-state index in [0.29, 0.717) is 24.8 Å². The normalized spacial score (nSPS) is 15.0. The highest BCUT2D eigenvalue weighted by Crippen LogP contribution is 2.19. The number of aromatic nitrogens is 3. The van der Waals surface area contributed by atoms with Crippen molar-refractivity contribution in [3.05, 3.63) is 24.2 Å². The van der Waals surface area contributed by atoms with E-state index >= 15 is 0 Å². The number of nitrogens with zero attached hydrogens (tertiary/aromatic N) is 5. The van der Waals surface area contributed by atoms with E-state index in [-0.39, 0.29) is 12.1 Å². The zero-order valence-electron chi connectivity index (χ0n) is 14.2. The summed E-state index contributed by atoms with van der Waals surface area (Å²) >= 11 is 0. The SMILES string of the molecule is Cc1nc(-c2ccc(N3CCN(C(=O)NC(C)C)CC3)nc2)no1. The summed E-state index contributed by atoms with van der Waals surface area (Å²) in [6.45, 7) is 8.58. The summed E-state index contributed by atoms with van der Waals surface area (Å²) < 4.78 is 4.98. The van der Waals surface area contributed by atoms with Crippen molar-refractivity contribution in [2.24, 2.45) is 0 Å². The molecule has 1 saturated heterocycles. The van der Waals surface area contributed by atoms with E-state index < -0.39 is 0 Å². The van der Waals surface area contributed by atoms with Gasteiger partial charge in [-0.2, -0.15) is 4.98 Å². The van der Waals surface area contributed by atoms with Crippen LogP contribution in [0.2, 0.25) is 0 Å². The number of hydrogen-bond acceptors (Lipinski definition) is 6.